The molecule has 1 aromatic carbocycles. The number of benzene rings is 1. The molecular weight excluding hydrogens is 217 g/mol. The minimum absolute atomic E-state index is 0.0968. The van der Waals surface area contributed by atoms with Gasteiger partial charge in [-0.3, -0.25) is 5.41 Å². The van der Waals surface area contributed by atoms with Gasteiger partial charge in [-0.15, -0.1) is 0 Å². The molecule has 2 nitrogen and oxygen atoms in total. The van der Waals surface area contributed by atoms with E-state index in [0.29, 0.717) is 5.56 Å². The highest BCUT2D eigenvalue weighted by Crippen LogP contribution is 2.17. The molecule has 1 rings (SSSR count). The van der Waals surface area contributed by atoms with Crippen LogP contribution in [0, 0.1) is 5.41 Å². The van der Waals surface area contributed by atoms with Crippen molar-refractivity contribution in [2.45, 2.75) is 13.1 Å². The van der Waals surface area contributed by atoms with Gasteiger partial charge < -0.3 is 4.90 Å². The Balaban J connectivity index is 2.78. The van der Waals surface area contributed by atoms with Crippen molar-refractivity contribution in [3.8, 4) is 0 Å². The standard InChI is InChI=1S/C11H13F3N2/c1-2-16(8-11(12,13)14)10(15)9-6-4-3-5-7-9/h3-7,15H,2,8H2,1H3. The second kappa shape index (κ2) is 5.01. The Morgan fingerprint density at radius 3 is 2.25 bits per heavy atom. The first-order chi connectivity index (χ1) is 7.44. The van der Waals surface area contributed by atoms with Crippen molar-refractivity contribution in [2.75, 3.05) is 13.1 Å². The smallest absolute Gasteiger partial charge is 0.348 e. The van der Waals surface area contributed by atoms with Crippen molar-refractivity contribution in [3.05, 3.63) is 35.9 Å². The van der Waals surface area contributed by atoms with Gasteiger partial charge in [-0.2, -0.15) is 13.2 Å². The summed E-state index contributed by atoms with van der Waals surface area (Å²) in [7, 11) is 0. The summed E-state index contributed by atoms with van der Waals surface area (Å²) in [6.07, 6.45) is -4.28. The van der Waals surface area contributed by atoms with Gasteiger partial charge in [0.25, 0.3) is 0 Å². The van der Waals surface area contributed by atoms with Crippen LogP contribution in [0.1, 0.15) is 12.5 Å². The van der Waals surface area contributed by atoms with Gasteiger partial charge in [0.15, 0.2) is 0 Å². The maximum Gasteiger partial charge on any atom is 0.405 e. The van der Waals surface area contributed by atoms with Crippen LogP contribution in [0.3, 0.4) is 0 Å². The molecule has 0 aliphatic carbocycles. The van der Waals surface area contributed by atoms with Crippen molar-refractivity contribution in [2.24, 2.45) is 0 Å². The van der Waals surface area contributed by atoms with Crippen LogP contribution in [0.25, 0.3) is 0 Å². The fourth-order valence-corrected chi connectivity index (χ4v) is 1.34. The zero-order valence-electron chi connectivity index (χ0n) is 8.88. The Bertz CT molecular complexity index is 346. The molecule has 0 fully saturated rings. The van der Waals surface area contributed by atoms with E-state index in [2.05, 4.69) is 0 Å². The van der Waals surface area contributed by atoms with E-state index in [1.54, 1.807) is 37.3 Å². The molecular formula is C11H13F3N2. The largest absolute Gasteiger partial charge is 0.405 e. The number of amidine groups is 1. The third-order valence-electron chi connectivity index (χ3n) is 2.12. The van der Waals surface area contributed by atoms with Gasteiger partial charge in [0.1, 0.15) is 12.4 Å². The Labute approximate surface area is 92.2 Å². The topological polar surface area (TPSA) is 27.1 Å². The Morgan fingerprint density at radius 1 is 1.25 bits per heavy atom. The minimum atomic E-state index is -4.28. The number of rotatable bonds is 3. The van der Waals surface area contributed by atoms with Gasteiger partial charge >= 0.3 is 6.18 Å². The number of halogens is 3. The van der Waals surface area contributed by atoms with Gasteiger partial charge in [0, 0.05) is 12.1 Å². The zero-order chi connectivity index (χ0) is 12.2. The summed E-state index contributed by atoms with van der Waals surface area (Å²) in [5.74, 6) is -0.0968. The summed E-state index contributed by atoms with van der Waals surface area (Å²) in [5, 5.41) is 7.69. The predicted octanol–water partition coefficient (Wildman–Crippen LogP) is 2.90. The highest BCUT2D eigenvalue weighted by molar-refractivity contribution is 5.96. The predicted molar refractivity (Wildman–Crippen MR) is 56.6 cm³/mol. The molecule has 88 valence electrons. The van der Waals surface area contributed by atoms with Crippen molar-refractivity contribution in [3.63, 3.8) is 0 Å². The lowest BCUT2D eigenvalue weighted by Crippen LogP contribution is -2.38. The lowest BCUT2D eigenvalue weighted by atomic mass is 10.2. The maximum atomic E-state index is 12.2. The van der Waals surface area contributed by atoms with E-state index >= 15 is 0 Å². The summed E-state index contributed by atoms with van der Waals surface area (Å²) in [5.41, 5.74) is 0.494. The molecule has 1 aromatic rings. The average molecular weight is 230 g/mol. The summed E-state index contributed by atoms with van der Waals surface area (Å²) >= 11 is 0. The van der Waals surface area contributed by atoms with Crippen LogP contribution in [-0.4, -0.2) is 30.0 Å². The van der Waals surface area contributed by atoms with E-state index in [4.69, 9.17) is 5.41 Å². The second-order valence-corrected chi connectivity index (χ2v) is 3.34. The molecule has 5 heteroatoms. The third-order valence-corrected chi connectivity index (χ3v) is 2.12. The number of alkyl halides is 3. The lowest BCUT2D eigenvalue weighted by Gasteiger charge is -2.24. The molecule has 0 saturated carbocycles. The van der Waals surface area contributed by atoms with Crippen molar-refractivity contribution in [1.29, 1.82) is 5.41 Å². The van der Waals surface area contributed by atoms with Gasteiger partial charge in [0.05, 0.1) is 0 Å². The molecule has 0 atom stereocenters. The first-order valence-electron chi connectivity index (χ1n) is 4.89. The Morgan fingerprint density at radius 2 is 1.81 bits per heavy atom. The van der Waals surface area contributed by atoms with E-state index in [-0.39, 0.29) is 12.4 Å². The monoisotopic (exact) mass is 230 g/mol. The van der Waals surface area contributed by atoms with Crippen LogP contribution < -0.4 is 0 Å². The molecule has 0 aromatic heterocycles. The molecule has 0 aliphatic rings. The van der Waals surface area contributed by atoms with Crippen LogP contribution in [0.15, 0.2) is 30.3 Å². The van der Waals surface area contributed by atoms with E-state index in [0.717, 1.165) is 4.90 Å². The van der Waals surface area contributed by atoms with Crippen LogP contribution in [0.5, 0.6) is 0 Å². The van der Waals surface area contributed by atoms with Gasteiger partial charge in [-0.25, -0.2) is 0 Å². The Hall–Kier alpha value is -1.52. The minimum Gasteiger partial charge on any atom is -0.348 e. The number of hydrogen-bond donors (Lipinski definition) is 1. The maximum absolute atomic E-state index is 12.2. The average Bonchev–Trinajstić information content (AvgIpc) is 2.25. The molecule has 0 heterocycles. The molecule has 0 amide bonds. The zero-order valence-corrected chi connectivity index (χ0v) is 8.88. The molecule has 0 radical (unpaired) electrons. The van der Waals surface area contributed by atoms with Gasteiger partial charge in [0.2, 0.25) is 0 Å². The van der Waals surface area contributed by atoms with Crippen molar-refractivity contribution in [1.82, 2.24) is 4.90 Å². The van der Waals surface area contributed by atoms with E-state index in [1.807, 2.05) is 0 Å². The fraction of sp³-hybridized carbons (Fsp3) is 0.364. The third kappa shape index (κ3) is 3.56. The normalized spacial score (nSPS) is 11.2. The summed E-state index contributed by atoms with van der Waals surface area (Å²) in [6, 6.07) is 8.41. The van der Waals surface area contributed by atoms with Gasteiger partial charge in [-0.1, -0.05) is 30.3 Å². The molecule has 1 N–H and O–H groups in total. The van der Waals surface area contributed by atoms with Crippen LogP contribution in [0.2, 0.25) is 0 Å². The lowest BCUT2D eigenvalue weighted by molar-refractivity contribution is -0.137. The van der Waals surface area contributed by atoms with Crippen LogP contribution in [0.4, 0.5) is 13.2 Å². The molecule has 0 bridgehead atoms. The SMILES string of the molecule is CCN(CC(F)(F)F)C(=N)c1ccccc1. The van der Waals surface area contributed by atoms with Crippen molar-refractivity contribution < 1.29 is 13.2 Å². The van der Waals surface area contributed by atoms with Crippen LogP contribution >= 0.6 is 0 Å². The Kier molecular flexibility index (Phi) is 3.93. The highest BCUT2D eigenvalue weighted by atomic mass is 19.4. The fourth-order valence-electron chi connectivity index (χ4n) is 1.34. The number of nitrogens with zero attached hydrogens (tertiary/aromatic N) is 1. The molecule has 0 aliphatic heterocycles. The molecule has 16 heavy (non-hydrogen) atoms. The van der Waals surface area contributed by atoms with E-state index in [1.165, 1.54) is 0 Å². The first-order valence-corrected chi connectivity index (χ1v) is 4.89. The number of hydrogen-bond acceptors (Lipinski definition) is 1. The van der Waals surface area contributed by atoms with Gasteiger partial charge in [-0.05, 0) is 6.92 Å². The molecule has 0 unspecified atom stereocenters. The summed E-state index contributed by atoms with van der Waals surface area (Å²) in [4.78, 5) is 0.995. The highest BCUT2D eigenvalue weighted by Gasteiger charge is 2.31. The summed E-state index contributed by atoms with van der Waals surface area (Å²) in [6.45, 7) is 0.674. The van der Waals surface area contributed by atoms with E-state index in [9.17, 15) is 13.2 Å². The molecule has 0 spiro atoms. The second-order valence-electron chi connectivity index (χ2n) is 3.34. The quantitative estimate of drug-likeness (QED) is 0.627. The summed E-state index contributed by atoms with van der Waals surface area (Å²) < 4.78 is 36.7. The van der Waals surface area contributed by atoms with Crippen molar-refractivity contribution >= 4 is 5.84 Å². The first kappa shape index (κ1) is 12.5. The van der Waals surface area contributed by atoms with Crippen LogP contribution in [-0.2, 0) is 0 Å². The molecule has 0 saturated heterocycles. The number of nitrogens with one attached hydrogen (secondary N) is 1. The van der Waals surface area contributed by atoms with E-state index < -0.39 is 12.7 Å².